The van der Waals surface area contributed by atoms with Gasteiger partial charge in [0.15, 0.2) is 9.84 Å². The van der Waals surface area contributed by atoms with Gasteiger partial charge in [-0.1, -0.05) is 31.2 Å². The van der Waals surface area contributed by atoms with Crippen molar-refractivity contribution in [3.05, 3.63) is 62.6 Å². The minimum Gasteiger partial charge on any atom is -0.507 e. The summed E-state index contributed by atoms with van der Waals surface area (Å²) in [7, 11) is -3.58. The number of hydrogen-bond acceptors (Lipinski definition) is 6. The molecule has 10 heteroatoms. The van der Waals surface area contributed by atoms with E-state index in [1.54, 1.807) is 12.1 Å². The second kappa shape index (κ2) is 7.70. The van der Waals surface area contributed by atoms with Crippen molar-refractivity contribution in [2.75, 3.05) is 6.54 Å². The fourth-order valence-corrected chi connectivity index (χ4v) is 4.88. The van der Waals surface area contributed by atoms with E-state index in [9.17, 15) is 27.9 Å². The van der Waals surface area contributed by atoms with Gasteiger partial charge in [-0.15, -0.1) is 0 Å². The fourth-order valence-electron chi connectivity index (χ4n) is 3.28. The van der Waals surface area contributed by atoms with Crippen LogP contribution in [0.25, 0.3) is 0 Å². The lowest BCUT2D eigenvalue weighted by Gasteiger charge is -2.16. The zero-order valence-corrected chi connectivity index (χ0v) is 16.5. The zero-order chi connectivity index (χ0) is 21.3. The van der Waals surface area contributed by atoms with Gasteiger partial charge in [0.05, 0.1) is 18.1 Å². The third-order valence-corrected chi connectivity index (χ3v) is 6.22. The average molecular weight is 420 g/mol. The number of carboxylic acid groups (broad SMARTS) is 1. The Balaban J connectivity index is 2.12. The normalized spacial score (nSPS) is 14.4. The number of carboxylic acids is 1. The molecule has 1 aliphatic heterocycles. The molecule has 2 aromatic rings. The number of aromatic hydroxyl groups is 1. The number of aryl methyl sites for hydroxylation is 1. The number of fused-ring (bicyclic) bond motifs is 1. The number of amides is 1. The summed E-state index contributed by atoms with van der Waals surface area (Å²) in [4.78, 5) is 36.0. The number of rotatable bonds is 6. The highest BCUT2D eigenvalue weighted by Gasteiger charge is 2.35. The van der Waals surface area contributed by atoms with Gasteiger partial charge in [0, 0.05) is 11.3 Å². The minimum absolute atomic E-state index is 0.00440. The molecule has 0 unspecified atom stereocenters. The Kier molecular flexibility index (Phi) is 5.47. The van der Waals surface area contributed by atoms with Crippen molar-refractivity contribution in [1.82, 2.24) is 9.88 Å². The quantitative estimate of drug-likeness (QED) is 0.614. The Hall–Kier alpha value is -3.14. The van der Waals surface area contributed by atoms with E-state index in [0.717, 1.165) is 22.1 Å². The van der Waals surface area contributed by atoms with E-state index in [0.29, 0.717) is 0 Å². The van der Waals surface area contributed by atoms with Gasteiger partial charge in [0.25, 0.3) is 11.5 Å². The Morgan fingerprint density at radius 3 is 2.34 bits per heavy atom. The molecule has 29 heavy (non-hydrogen) atoms. The Labute approximate surface area is 166 Å². The molecule has 2 heterocycles. The largest absolute Gasteiger partial charge is 0.507 e. The summed E-state index contributed by atoms with van der Waals surface area (Å²) in [5.41, 5.74) is 0.414. The molecule has 0 aliphatic carbocycles. The molecule has 1 aromatic heterocycles. The van der Waals surface area contributed by atoms with E-state index < -0.39 is 56.6 Å². The molecule has 0 atom stereocenters. The van der Waals surface area contributed by atoms with Gasteiger partial charge in [0.1, 0.15) is 17.9 Å². The van der Waals surface area contributed by atoms with E-state index in [1.807, 2.05) is 24.4 Å². The van der Waals surface area contributed by atoms with Gasteiger partial charge in [-0.3, -0.25) is 14.4 Å². The van der Waals surface area contributed by atoms with Crippen LogP contribution in [0.5, 0.6) is 5.75 Å². The van der Waals surface area contributed by atoms with Crippen LogP contribution in [-0.4, -0.2) is 41.6 Å². The molecule has 0 spiro atoms. The van der Waals surface area contributed by atoms with Gasteiger partial charge in [-0.2, -0.15) is 0 Å². The summed E-state index contributed by atoms with van der Waals surface area (Å²) in [6, 6.07) is 7.38. The van der Waals surface area contributed by atoms with Gasteiger partial charge >= 0.3 is 5.97 Å². The van der Waals surface area contributed by atoms with Crippen LogP contribution in [0.3, 0.4) is 0 Å². The molecule has 1 aromatic carbocycles. The first-order chi connectivity index (χ1) is 13.6. The third kappa shape index (κ3) is 4.16. The van der Waals surface area contributed by atoms with Gasteiger partial charge in [0.2, 0.25) is 0 Å². The molecule has 0 saturated heterocycles. The number of benzene rings is 1. The molecule has 3 N–H and O–H groups in total. The first kappa shape index (κ1) is 20.6. The van der Waals surface area contributed by atoms with Crippen molar-refractivity contribution >= 4 is 21.7 Å². The number of carbonyl (C=O) groups is 2. The molecule has 3 rings (SSSR count). The summed E-state index contributed by atoms with van der Waals surface area (Å²) >= 11 is 0. The lowest BCUT2D eigenvalue weighted by Crippen LogP contribution is -2.37. The highest BCUT2D eigenvalue weighted by Crippen LogP contribution is 2.33. The van der Waals surface area contributed by atoms with E-state index in [4.69, 9.17) is 5.11 Å². The minimum atomic E-state index is -3.58. The summed E-state index contributed by atoms with van der Waals surface area (Å²) in [5, 5.41) is 21.2. The van der Waals surface area contributed by atoms with Crippen LogP contribution >= 0.6 is 0 Å². The van der Waals surface area contributed by atoms with Crippen LogP contribution in [0.15, 0.2) is 29.1 Å². The smallest absolute Gasteiger partial charge is 0.322 e. The number of carbonyl (C=O) groups excluding carboxylic acids is 1. The van der Waals surface area contributed by atoms with Crippen molar-refractivity contribution in [2.24, 2.45) is 0 Å². The number of nitrogens with zero attached hydrogens (tertiary/aromatic N) is 1. The second-order valence-corrected chi connectivity index (χ2v) is 8.88. The molecular formula is C19H20N2O7S. The van der Waals surface area contributed by atoms with Crippen molar-refractivity contribution < 1.29 is 28.2 Å². The van der Waals surface area contributed by atoms with E-state index >= 15 is 0 Å². The number of pyridine rings is 1. The highest BCUT2D eigenvalue weighted by atomic mass is 32.2. The first-order valence-corrected chi connectivity index (χ1v) is 10.7. The average Bonchev–Trinajstić information content (AvgIpc) is 2.99. The highest BCUT2D eigenvalue weighted by molar-refractivity contribution is 7.90. The monoisotopic (exact) mass is 420 g/mol. The number of aliphatic carboxylic acids is 1. The van der Waals surface area contributed by atoms with Gasteiger partial charge in [-0.25, -0.2) is 8.42 Å². The molecule has 0 saturated carbocycles. The summed E-state index contributed by atoms with van der Waals surface area (Å²) < 4.78 is 25.4. The third-order valence-electron chi connectivity index (χ3n) is 4.78. The Bertz CT molecular complexity index is 1150. The van der Waals surface area contributed by atoms with E-state index in [-0.39, 0.29) is 17.8 Å². The zero-order valence-electron chi connectivity index (χ0n) is 15.6. The molecule has 0 fully saturated rings. The summed E-state index contributed by atoms with van der Waals surface area (Å²) in [6.07, 6.45) is 0.834. The van der Waals surface area contributed by atoms with E-state index in [2.05, 4.69) is 0 Å². The second-order valence-electron chi connectivity index (χ2n) is 6.82. The van der Waals surface area contributed by atoms with E-state index in [1.165, 1.54) is 0 Å². The molecule has 0 bridgehead atoms. The van der Waals surface area contributed by atoms with Gasteiger partial charge in [-0.05, 0) is 17.5 Å². The topological polar surface area (TPSA) is 143 Å². The van der Waals surface area contributed by atoms with Crippen LogP contribution in [0.1, 0.15) is 39.7 Å². The lowest BCUT2D eigenvalue weighted by atomic mass is 10.1. The van der Waals surface area contributed by atoms with Crippen LogP contribution in [0, 0.1) is 0 Å². The molecule has 0 radical (unpaired) electrons. The standard InChI is InChI=1S/C19H20N2O7S/c1-2-11-3-5-12(6-4-11)8-21-14-10-29(27,28)9-13(14)17(24)16(19(21)26)18(25)20-7-15(22)23/h3-6,24H,2,7-10H2,1H3,(H,20,25)(H,22,23). The maximum absolute atomic E-state index is 13.0. The summed E-state index contributed by atoms with van der Waals surface area (Å²) in [5.74, 6) is -4.03. The van der Waals surface area contributed by atoms with Crippen molar-refractivity contribution in [1.29, 1.82) is 0 Å². The Morgan fingerprint density at radius 2 is 1.76 bits per heavy atom. The molecule has 1 aliphatic rings. The van der Waals surface area contributed by atoms with Crippen molar-refractivity contribution in [2.45, 2.75) is 31.4 Å². The molecule has 1 amide bonds. The van der Waals surface area contributed by atoms with Gasteiger partial charge < -0.3 is 20.1 Å². The van der Waals surface area contributed by atoms with Crippen molar-refractivity contribution in [3.63, 3.8) is 0 Å². The van der Waals surface area contributed by atoms with Crippen molar-refractivity contribution in [3.8, 4) is 5.75 Å². The molecule has 9 nitrogen and oxygen atoms in total. The fraction of sp³-hybridized carbons (Fsp3) is 0.316. The van der Waals surface area contributed by atoms with Crippen LogP contribution in [-0.2, 0) is 39.1 Å². The number of nitrogens with one attached hydrogen (secondary N) is 1. The number of sulfone groups is 1. The maximum Gasteiger partial charge on any atom is 0.322 e. The number of aromatic nitrogens is 1. The predicted molar refractivity (Wildman–Crippen MR) is 104 cm³/mol. The molecule has 154 valence electrons. The summed E-state index contributed by atoms with van der Waals surface area (Å²) in [6.45, 7) is 1.27. The van der Waals surface area contributed by atoms with Crippen LogP contribution in [0.4, 0.5) is 0 Å². The number of hydrogen-bond donors (Lipinski definition) is 3. The lowest BCUT2D eigenvalue weighted by molar-refractivity contribution is -0.135. The maximum atomic E-state index is 13.0. The predicted octanol–water partition coefficient (Wildman–Crippen LogP) is 0.407. The SMILES string of the molecule is CCc1ccc(Cn2c3c(c(O)c(C(=O)NCC(=O)O)c2=O)CS(=O)(=O)C3)cc1. The molecular weight excluding hydrogens is 400 g/mol. The van der Waals surface area contributed by atoms with Crippen LogP contribution in [0.2, 0.25) is 0 Å². The Morgan fingerprint density at radius 1 is 1.14 bits per heavy atom. The first-order valence-electron chi connectivity index (χ1n) is 8.88. The van der Waals surface area contributed by atoms with Crippen LogP contribution < -0.4 is 10.9 Å².